The number of hydrogen-bond donors (Lipinski definition) is 1. The second kappa shape index (κ2) is 6.60. The Morgan fingerprint density at radius 2 is 2.25 bits per heavy atom. The Kier molecular flexibility index (Phi) is 5.42. The van der Waals surface area contributed by atoms with E-state index in [4.69, 9.17) is 0 Å². The molecule has 0 spiro atoms. The SMILES string of the molecule is CCC(CC)NCc1ncc(C(=O)OC)s1. The first-order chi connectivity index (χ1) is 7.71. The van der Waals surface area contributed by atoms with E-state index in [-0.39, 0.29) is 5.97 Å². The fraction of sp³-hybridized carbons (Fsp3) is 0.636. The number of carbonyl (C=O) groups is 1. The summed E-state index contributed by atoms with van der Waals surface area (Å²) in [5.41, 5.74) is 0. The summed E-state index contributed by atoms with van der Waals surface area (Å²) in [6.45, 7) is 5.03. The molecule has 4 nitrogen and oxygen atoms in total. The highest BCUT2D eigenvalue weighted by molar-refractivity contribution is 7.13. The Labute approximate surface area is 100 Å². The molecule has 1 aromatic rings. The van der Waals surface area contributed by atoms with E-state index in [0.29, 0.717) is 17.5 Å². The maximum atomic E-state index is 11.2. The minimum absolute atomic E-state index is 0.314. The number of aromatic nitrogens is 1. The Balaban J connectivity index is 2.49. The van der Waals surface area contributed by atoms with Crippen molar-refractivity contribution in [1.82, 2.24) is 10.3 Å². The molecule has 0 amide bonds. The highest BCUT2D eigenvalue weighted by Gasteiger charge is 2.11. The molecule has 5 heteroatoms. The van der Waals surface area contributed by atoms with E-state index in [0.717, 1.165) is 17.8 Å². The van der Waals surface area contributed by atoms with Gasteiger partial charge in [0.2, 0.25) is 0 Å². The molecule has 0 saturated heterocycles. The third-order valence-electron chi connectivity index (χ3n) is 2.47. The number of esters is 1. The first-order valence-electron chi connectivity index (χ1n) is 5.47. The average molecular weight is 242 g/mol. The lowest BCUT2D eigenvalue weighted by Crippen LogP contribution is -2.26. The maximum Gasteiger partial charge on any atom is 0.349 e. The van der Waals surface area contributed by atoms with Crippen LogP contribution < -0.4 is 5.32 Å². The number of hydrogen-bond acceptors (Lipinski definition) is 5. The van der Waals surface area contributed by atoms with E-state index in [1.165, 1.54) is 18.4 Å². The largest absolute Gasteiger partial charge is 0.465 e. The molecule has 0 aliphatic carbocycles. The number of methoxy groups -OCH3 is 1. The van der Waals surface area contributed by atoms with Gasteiger partial charge in [-0.1, -0.05) is 13.8 Å². The van der Waals surface area contributed by atoms with Gasteiger partial charge in [0, 0.05) is 12.6 Å². The Morgan fingerprint density at radius 1 is 1.56 bits per heavy atom. The number of thiazole rings is 1. The predicted molar refractivity (Wildman–Crippen MR) is 64.7 cm³/mol. The van der Waals surface area contributed by atoms with Gasteiger partial charge in [-0.05, 0) is 12.8 Å². The summed E-state index contributed by atoms with van der Waals surface area (Å²) >= 11 is 1.38. The van der Waals surface area contributed by atoms with Crippen molar-refractivity contribution < 1.29 is 9.53 Å². The van der Waals surface area contributed by atoms with Crippen LogP contribution in [0.3, 0.4) is 0 Å². The van der Waals surface area contributed by atoms with Gasteiger partial charge >= 0.3 is 5.97 Å². The minimum Gasteiger partial charge on any atom is -0.465 e. The number of nitrogens with zero attached hydrogens (tertiary/aromatic N) is 1. The lowest BCUT2D eigenvalue weighted by molar-refractivity contribution is 0.0606. The molecule has 0 unspecified atom stereocenters. The third kappa shape index (κ3) is 3.57. The second-order valence-electron chi connectivity index (χ2n) is 3.50. The van der Waals surface area contributed by atoms with E-state index >= 15 is 0 Å². The first kappa shape index (κ1) is 13.1. The minimum atomic E-state index is -0.314. The van der Waals surface area contributed by atoms with Crippen LogP contribution in [0.1, 0.15) is 41.4 Å². The van der Waals surface area contributed by atoms with Crippen molar-refractivity contribution in [2.24, 2.45) is 0 Å². The molecule has 0 bridgehead atoms. The molecular formula is C11H18N2O2S. The predicted octanol–water partition coefficient (Wildman–Crippen LogP) is 2.21. The first-order valence-corrected chi connectivity index (χ1v) is 6.29. The normalized spacial score (nSPS) is 10.8. The quantitative estimate of drug-likeness (QED) is 0.777. The van der Waals surface area contributed by atoms with Gasteiger partial charge in [-0.2, -0.15) is 0 Å². The monoisotopic (exact) mass is 242 g/mol. The van der Waals surface area contributed by atoms with Gasteiger partial charge in [0.25, 0.3) is 0 Å². The lowest BCUT2D eigenvalue weighted by atomic mass is 10.2. The highest BCUT2D eigenvalue weighted by Crippen LogP contribution is 2.14. The van der Waals surface area contributed by atoms with Crippen LogP contribution in [0.4, 0.5) is 0 Å². The van der Waals surface area contributed by atoms with Crippen molar-refractivity contribution in [3.8, 4) is 0 Å². The van der Waals surface area contributed by atoms with Crippen molar-refractivity contribution >= 4 is 17.3 Å². The summed E-state index contributed by atoms with van der Waals surface area (Å²) in [5, 5.41) is 4.32. The van der Waals surface area contributed by atoms with E-state index in [1.54, 1.807) is 6.20 Å². The fourth-order valence-electron chi connectivity index (χ4n) is 1.40. The van der Waals surface area contributed by atoms with Crippen LogP contribution in [-0.4, -0.2) is 24.1 Å². The van der Waals surface area contributed by atoms with Crippen LogP contribution in [0.15, 0.2) is 6.20 Å². The standard InChI is InChI=1S/C11H18N2O2S/c1-4-8(5-2)12-7-10-13-6-9(16-10)11(14)15-3/h6,8,12H,4-5,7H2,1-3H3. The number of ether oxygens (including phenoxy) is 1. The van der Waals surface area contributed by atoms with Gasteiger partial charge in [0.1, 0.15) is 9.88 Å². The van der Waals surface area contributed by atoms with Crippen LogP contribution in [-0.2, 0) is 11.3 Å². The zero-order chi connectivity index (χ0) is 12.0. The van der Waals surface area contributed by atoms with E-state index in [1.807, 2.05) is 0 Å². The van der Waals surface area contributed by atoms with Crippen LogP contribution in [0.5, 0.6) is 0 Å². The van der Waals surface area contributed by atoms with Gasteiger partial charge in [0.15, 0.2) is 0 Å². The molecule has 0 aliphatic heterocycles. The highest BCUT2D eigenvalue weighted by atomic mass is 32.1. The van der Waals surface area contributed by atoms with Crippen molar-refractivity contribution in [2.45, 2.75) is 39.3 Å². The van der Waals surface area contributed by atoms with Gasteiger partial charge in [-0.3, -0.25) is 0 Å². The van der Waals surface area contributed by atoms with Crippen LogP contribution in [0.2, 0.25) is 0 Å². The molecule has 1 rings (SSSR count). The maximum absolute atomic E-state index is 11.2. The van der Waals surface area contributed by atoms with Crippen molar-refractivity contribution in [1.29, 1.82) is 0 Å². The zero-order valence-electron chi connectivity index (χ0n) is 9.95. The summed E-state index contributed by atoms with van der Waals surface area (Å²) in [6, 6.07) is 0.519. The van der Waals surface area contributed by atoms with E-state index < -0.39 is 0 Å². The third-order valence-corrected chi connectivity index (χ3v) is 3.45. The molecule has 0 saturated carbocycles. The molecule has 90 valence electrons. The van der Waals surface area contributed by atoms with Gasteiger partial charge in [-0.15, -0.1) is 11.3 Å². The number of carbonyl (C=O) groups excluding carboxylic acids is 1. The summed E-state index contributed by atoms with van der Waals surface area (Å²) in [4.78, 5) is 15.9. The molecule has 0 aromatic carbocycles. The van der Waals surface area contributed by atoms with Crippen LogP contribution in [0, 0.1) is 0 Å². The summed E-state index contributed by atoms with van der Waals surface area (Å²) in [7, 11) is 1.38. The summed E-state index contributed by atoms with van der Waals surface area (Å²) < 4.78 is 4.63. The van der Waals surface area contributed by atoms with Gasteiger partial charge < -0.3 is 10.1 Å². The van der Waals surface area contributed by atoms with Crippen molar-refractivity contribution in [2.75, 3.05) is 7.11 Å². The Morgan fingerprint density at radius 3 is 2.81 bits per heavy atom. The molecule has 16 heavy (non-hydrogen) atoms. The molecular weight excluding hydrogens is 224 g/mol. The fourth-order valence-corrected chi connectivity index (χ4v) is 2.18. The molecule has 1 aromatic heterocycles. The van der Waals surface area contributed by atoms with Crippen molar-refractivity contribution in [3.05, 3.63) is 16.1 Å². The van der Waals surface area contributed by atoms with Crippen LogP contribution >= 0.6 is 11.3 Å². The molecule has 0 atom stereocenters. The molecule has 0 fully saturated rings. The number of rotatable bonds is 6. The van der Waals surface area contributed by atoms with E-state index in [9.17, 15) is 4.79 Å². The zero-order valence-corrected chi connectivity index (χ0v) is 10.8. The van der Waals surface area contributed by atoms with Crippen molar-refractivity contribution in [3.63, 3.8) is 0 Å². The second-order valence-corrected chi connectivity index (χ2v) is 4.62. The molecule has 0 radical (unpaired) electrons. The average Bonchev–Trinajstić information content (AvgIpc) is 2.78. The topological polar surface area (TPSA) is 51.2 Å². The Hall–Kier alpha value is -0.940. The Bertz CT molecular complexity index is 334. The lowest BCUT2D eigenvalue weighted by Gasteiger charge is -2.12. The molecule has 1 heterocycles. The summed E-state index contributed by atoms with van der Waals surface area (Å²) in [5.74, 6) is -0.314. The van der Waals surface area contributed by atoms with Gasteiger partial charge in [0.05, 0.1) is 13.3 Å². The molecule has 0 aliphatic rings. The summed E-state index contributed by atoms with van der Waals surface area (Å²) in [6.07, 6.45) is 3.78. The van der Waals surface area contributed by atoms with Crippen LogP contribution in [0.25, 0.3) is 0 Å². The van der Waals surface area contributed by atoms with E-state index in [2.05, 4.69) is 28.9 Å². The number of nitrogens with one attached hydrogen (secondary N) is 1. The molecule has 1 N–H and O–H groups in total. The smallest absolute Gasteiger partial charge is 0.349 e. The van der Waals surface area contributed by atoms with Gasteiger partial charge in [-0.25, -0.2) is 9.78 Å².